The van der Waals surface area contributed by atoms with Crippen LogP contribution in [0.2, 0.25) is 0 Å². The normalized spacial score (nSPS) is 16.9. The van der Waals surface area contributed by atoms with E-state index in [0.29, 0.717) is 17.8 Å². The zero-order chi connectivity index (χ0) is 22.1. The molecule has 160 valence electrons. The van der Waals surface area contributed by atoms with Crippen LogP contribution in [0.25, 0.3) is 0 Å². The Morgan fingerprint density at radius 2 is 1.83 bits per heavy atom. The zero-order valence-corrected chi connectivity index (χ0v) is 18.5. The molecule has 30 heavy (non-hydrogen) atoms. The van der Waals surface area contributed by atoms with Gasteiger partial charge in [0.2, 0.25) is 21.8 Å². The molecule has 1 heterocycles. The average molecular weight is 430 g/mol. The van der Waals surface area contributed by atoms with Crippen molar-refractivity contribution in [3.05, 3.63) is 53.6 Å². The molecule has 1 aliphatic heterocycles. The number of benzene rings is 2. The van der Waals surface area contributed by atoms with Gasteiger partial charge in [-0.05, 0) is 48.7 Å². The molecule has 1 N–H and O–H groups in total. The molecule has 7 nitrogen and oxygen atoms in total. The van der Waals surface area contributed by atoms with Crippen molar-refractivity contribution in [3.63, 3.8) is 0 Å². The smallest absolute Gasteiger partial charge is 0.242 e. The number of nitrogens with one attached hydrogen (secondary N) is 1. The summed E-state index contributed by atoms with van der Waals surface area (Å²) in [6.45, 7) is 4.07. The average Bonchev–Trinajstić information content (AvgIpc) is 3.11. The van der Waals surface area contributed by atoms with Gasteiger partial charge in [0.1, 0.15) is 0 Å². The number of rotatable bonds is 6. The van der Waals surface area contributed by atoms with E-state index in [1.807, 2.05) is 24.3 Å². The molecule has 0 saturated carbocycles. The van der Waals surface area contributed by atoms with E-state index in [1.165, 1.54) is 25.7 Å². The highest BCUT2D eigenvalue weighted by Gasteiger charge is 2.35. The van der Waals surface area contributed by atoms with Crippen molar-refractivity contribution in [1.29, 1.82) is 0 Å². The maximum Gasteiger partial charge on any atom is 0.242 e. The molecule has 1 fully saturated rings. The van der Waals surface area contributed by atoms with Crippen LogP contribution in [0.5, 0.6) is 0 Å². The maximum atomic E-state index is 12.8. The van der Waals surface area contributed by atoms with Crippen molar-refractivity contribution >= 4 is 33.2 Å². The van der Waals surface area contributed by atoms with Crippen molar-refractivity contribution in [2.75, 3.05) is 30.9 Å². The number of nitrogens with zero attached hydrogens (tertiary/aromatic N) is 2. The lowest BCUT2D eigenvalue weighted by molar-refractivity contribution is -0.122. The Bertz CT molecular complexity index is 1060. The summed E-state index contributed by atoms with van der Waals surface area (Å²) in [4.78, 5) is 27.0. The third kappa shape index (κ3) is 4.39. The van der Waals surface area contributed by atoms with Crippen LogP contribution >= 0.6 is 0 Å². The summed E-state index contributed by atoms with van der Waals surface area (Å²) in [5.41, 5.74) is 2.95. The Kier molecular flexibility index (Phi) is 6.28. The van der Waals surface area contributed by atoms with Gasteiger partial charge in [0, 0.05) is 38.4 Å². The second kappa shape index (κ2) is 8.57. The Morgan fingerprint density at radius 3 is 2.43 bits per heavy atom. The molecule has 1 unspecified atom stereocenters. The third-order valence-electron chi connectivity index (χ3n) is 5.37. The van der Waals surface area contributed by atoms with Gasteiger partial charge in [-0.25, -0.2) is 12.7 Å². The maximum absolute atomic E-state index is 12.8. The van der Waals surface area contributed by atoms with Gasteiger partial charge in [0.05, 0.1) is 10.8 Å². The molecule has 2 amide bonds. The number of hydrogen-bond donors (Lipinski definition) is 1. The molecular weight excluding hydrogens is 402 g/mol. The first-order valence-corrected chi connectivity index (χ1v) is 11.3. The SMILES string of the molecule is CCc1ccc(N2CC(C(=O)Nc3ccc(C)c(S(=O)(=O)N(C)C)c3)CC2=O)cc1. The minimum Gasteiger partial charge on any atom is -0.326 e. The predicted molar refractivity (Wildman–Crippen MR) is 117 cm³/mol. The summed E-state index contributed by atoms with van der Waals surface area (Å²) < 4.78 is 26.1. The van der Waals surface area contributed by atoms with Gasteiger partial charge in [0.25, 0.3) is 0 Å². The number of sulfonamides is 1. The van der Waals surface area contributed by atoms with Crippen LogP contribution in [-0.2, 0) is 26.0 Å². The Morgan fingerprint density at radius 1 is 1.17 bits per heavy atom. The number of amides is 2. The fourth-order valence-electron chi connectivity index (χ4n) is 3.44. The first kappa shape index (κ1) is 22.0. The first-order valence-electron chi connectivity index (χ1n) is 9.86. The zero-order valence-electron chi connectivity index (χ0n) is 17.7. The fraction of sp³-hybridized carbons (Fsp3) is 0.364. The number of carbonyl (C=O) groups excluding carboxylic acids is 2. The highest BCUT2D eigenvalue weighted by Crippen LogP contribution is 2.27. The Labute approximate surface area is 177 Å². The molecule has 0 radical (unpaired) electrons. The molecule has 8 heteroatoms. The molecule has 2 aromatic rings. The van der Waals surface area contributed by atoms with Crippen molar-refractivity contribution in [3.8, 4) is 0 Å². The monoisotopic (exact) mass is 429 g/mol. The van der Waals surface area contributed by atoms with E-state index in [1.54, 1.807) is 24.0 Å². The molecule has 0 aromatic heterocycles. The van der Waals surface area contributed by atoms with Crippen LogP contribution in [-0.4, -0.2) is 45.2 Å². The molecular formula is C22H27N3O4S. The lowest BCUT2D eigenvalue weighted by atomic mass is 10.1. The highest BCUT2D eigenvalue weighted by molar-refractivity contribution is 7.89. The second-order valence-corrected chi connectivity index (χ2v) is 9.80. The quantitative estimate of drug-likeness (QED) is 0.765. The largest absolute Gasteiger partial charge is 0.326 e. The lowest BCUT2D eigenvalue weighted by Crippen LogP contribution is -2.28. The standard InChI is InChI=1S/C22H27N3O4S/c1-5-16-7-10-19(11-8-16)25-14-17(12-21(25)26)22(27)23-18-9-6-15(2)20(13-18)30(28,29)24(3)4/h6-11,13,17H,5,12,14H2,1-4H3,(H,23,27). The van der Waals surface area contributed by atoms with Gasteiger partial charge < -0.3 is 10.2 Å². The van der Waals surface area contributed by atoms with Crippen LogP contribution in [0.15, 0.2) is 47.4 Å². The van der Waals surface area contributed by atoms with E-state index < -0.39 is 15.9 Å². The lowest BCUT2D eigenvalue weighted by Gasteiger charge is -2.18. The van der Waals surface area contributed by atoms with Gasteiger partial charge in [-0.2, -0.15) is 0 Å². The van der Waals surface area contributed by atoms with Crippen molar-refractivity contribution in [1.82, 2.24) is 4.31 Å². The van der Waals surface area contributed by atoms with E-state index in [9.17, 15) is 18.0 Å². The van der Waals surface area contributed by atoms with Crippen molar-refractivity contribution < 1.29 is 18.0 Å². The second-order valence-electron chi connectivity index (χ2n) is 7.68. The molecule has 1 atom stereocenters. The molecule has 0 spiro atoms. The van der Waals surface area contributed by atoms with Crippen molar-refractivity contribution in [2.24, 2.45) is 5.92 Å². The van der Waals surface area contributed by atoms with Crippen LogP contribution in [0.3, 0.4) is 0 Å². The minimum atomic E-state index is -3.62. The van der Waals surface area contributed by atoms with Gasteiger partial charge in [-0.1, -0.05) is 25.1 Å². The number of anilines is 2. The first-order chi connectivity index (χ1) is 14.1. The summed E-state index contributed by atoms with van der Waals surface area (Å²) in [6.07, 6.45) is 1.04. The minimum absolute atomic E-state index is 0.0980. The summed E-state index contributed by atoms with van der Waals surface area (Å²) in [5.74, 6) is -0.897. The summed E-state index contributed by atoms with van der Waals surface area (Å²) in [5, 5.41) is 2.77. The van der Waals surface area contributed by atoms with Gasteiger partial charge in [-0.15, -0.1) is 0 Å². The van der Waals surface area contributed by atoms with Crippen LogP contribution in [0, 0.1) is 12.8 Å². The number of aryl methyl sites for hydroxylation is 2. The molecule has 0 aliphatic carbocycles. The summed E-state index contributed by atoms with van der Waals surface area (Å²) in [7, 11) is -0.696. The van der Waals surface area contributed by atoms with Crippen LogP contribution in [0.1, 0.15) is 24.5 Å². The fourth-order valence-corrected chi connectivity index (χ4v) is 4.59. The van der Waals surface area contributed by atoms with E-state index in [0.717, 1.165) is 16.4 Å². The van der Waals surface area contributed by atoms with Gasteiger partial charge in [-0.3, -0.25) is 9.59 Å². The van der Waals surface area contributed by atoms with Crippen molar-refractivity contribution in [2.45, 2.75) is 31.6 Å². The molecule has 2 aromatic carbocycles. The molecule has 3 rings (SSSR count). The summed E-state index contributed by atoms with van der Waals surface area (Å²) >= 11 is 0. The summed E-state index contributed by atoms with van der Waals surface area (Å²) in [6, 6.07) is 12.5. The topological polar surface area (TPSA) is 86.8 Å². The van der Waals surface area contributed by atoms with Gasteiger partial charge in [0.15, 0.2) is 0 Å². The number of carbonyl (C=O) groups is 2. The molecule has 1 saturated heterocycles. The van der Waals surface area contributed by atoms with E-state index >= 15 is 0 Å². The van der Waals surface area contributed by atoms with E-state index in [4.69, 9.17) is 0 Å². The van der Waals surface area contributed by atoms with E-state index in [-0.39, 0.29) is 23.1 Å². The van der Waals surface area contributed by atoms with Gasteiger partial charge >= 0.3 is 0 Å². The van der Waals surface area contributed by atoms with E-state index in [2.05, 4.69) is 12.2 Å². The third-order valence-corrected chi connectivity index (χ3v) is 7.32. The van der Waals surface area contributed by atoms with Crippen LogP contribution < -0.4 is 10.2 Å². The Hall–Kier alpha value is -2.71. The Balaban J connectivity index is 1.74. The predicted octanol–water partition coefficient (Wildman–Crippen LogP) is 2.80. The van der Waals surface area contributed by atoms with Crippen LogP contribution in [0.4, 0.5) is 11.4 Å². The highest BCUT2D eigenvalue weighted by atomic mass is 32.2. The molecule has 1 aliphatic rings. The molecule has 0 bridgehead atoms. The number of hydrogen-bond acceptors (Lipinski definition) is 4.